The Labute approximate surface area is 203 Å². The van der Waals surface area contributed by atoms with Gasteiger partial charge in [0.2, 0.25) is 5.95 Å². The first-order valence-electron chi connectivity index (χ1n) is 11.8. The van der Waals surface area contributed by atoms with Gasteiger partial charge in [-0.3, -0.25) is 20.2 Å². The van der Waals surface area contributed by atoms with E-state index < -0.39 is 5.82 Å². The molecule has 0 unspecified atom stereocenters. The van der Waals surface area contributed by atoms with Crippen LogP contribution in [-0.2, 0) is 6.54 Å². The minimum Gasteiger partial charge on any atom is -0.338 e. The molecule has 0 saturated heterocycles. The number of carbonyl (C=O) groups is 1. The Kier molecular flexibility index (Phi) is 6.17. The summed E-state index contributed by atoms with van der Waals surface area (Å²) in [5.41, 5.74) is 5.81. The van der Waals surface area contributed by atoms with Crippen LogP contribution < -0.4 is 10.6 Å². The number of aromatic amines is 1. The summed E-state index contributed by atoms with van der Waals surface area (Å²) < 4.78 is 14.8. The summed E-state index contributed by atoms with van der Waals surface area (Å²) in [6.07, 6.45) is 5.92. The number of amides is 2. The van der Waals surface area contributed by atoms with Crippen molar-refractivity contribution in [2.45, 2.75) is 39.3 Å². The number of imidazole rings is 1. The molecule has 0 bridgehead atoms. The summed E-state index contributed by atoms with van der Waals surface area (Å²) in [6.45, 7) is 5.18. The number of hydrogen-bond acceptors (Lipinski definition) is 5. The zero-order chi connectivity index (χ0) is 24.5. The number of fused-ring (bicyclic) bond motifs is 1. The third-order valence-electron chi connectivity index (χ3n) is 6.23. The summed E-state index contributed by atoms with van der Waals surface area (Å²) in [7, 11) is 2.13. The lowest BCUT2D eigenvalue weighted by Crippen LogP contribution is -2.28. The number of nitrogens with zero attached hydrogens (tertiary/aromatic N) is 4. The number of benzene rings is 1. The van der Waals surface area contributed by atoms with Crippen LogP contribution >= 0.6 is 0 Å². The van der Waals surface area contributed by atoms with Crippen molar-refractivity contribution in [3.05, 3.63) is 59.8 Å². The predicted octanol–water partition coefficient (Wildman–Crippen LogP) is 4.87. The minimum atomic E-state index is -0.444. The summed E-state index contributed by atoms with van der Waals surface area (Å²) in [5.74, 6) is -0.172. The lowest BCUT2D eigenvalue weighted by molar-refractivity contribution is 0.252. The summed E-state index contributed by atoms with van der Waals surface area (Å²) in [6, 6.07) is 9.15. The molecule has 8 nitrogen and oxygen atoms in total. The number of hydrogen-bond donors (Lipinski definition) is 3. The van der Waals surface area contributed by atoms with Gasteiger partial charge < -0.3 is 10.3 Å². The molecule has 0 radical (unpaired) electrons. The predicted molar refractivity (Wildman–Crippen MR) is 134 cm³/mol. The summed E-state index contributed by atoms with van der Waals surface area (Å²) in [4.78, 5) is 31.0. The van der Waals surface area contributed by atoms with E-state index in [4.69, 9.17) is 4.98 Å². The SMILES string of the molecule is CCNC(=O)Nc1nc2c(-c3ncccc3F)cc(-c3cnc(CN(C)C4CC4)cc3C)cc2[nH]1. The Morgan fingerprint density at radius 2 is 2.06 bits per heavy atom. The molecule has 3 heterocycles. The number of carbonyl (C=O) groups excluding carboxylic acids is 1. The fourth-order valence-electron chi connectivity index (χ4n) is 4.31. The van der Waals surface area contributed by atoms with Gasteiger partial charge in [-0.25, -0.2) is 14.2 Å². The first-order chi connectivity index (χ1) is 16.9. The van der Waals surface area contributed by atoms with E-state index in [9.17, 15) is 9.18 Å². The maximum absolute atomic E-state index is 14.8. The van der Waals surface area contributed by atoms with Crippen molar-refractivity contribution in [2.75, 3.05) is 18.9 Å². The van der Waals surface area contributed by atoms with E-state index in [1.807, 2.05) is 25.3 Å². The fraction of sp³-hybridized carbons (Fsp3) is 0.308. The largest absolute Gasteiger partial charge is 0.338 e. The number of pyridine rings is 2. The average molecular weight is 474 g/mol. The highest BCUT2D eigenvalue weighted by molar-refractivity contribution is 5.98. The van der Waals surface area contributed by atoms with Crippen molar-refractivity contribution in [1.82, 2.24) is 30.2 Å². The maximum Gasteiger partial charge on any atom is 0.321 e. The molecule has 2 amide bonds. The van der Waals surface area contributed by atoms with Crippen molar-refractivity contribution in [2.24, 2.45) is 0 Å². The normalized spacial score (nSPS) is 13.4. The lowest BCUT2D eigenvalue weighted by Gasteiger charge is -2.16. The van der Waals surface area contributed by atoms with E-state index in [2.05, 4.69) is 50.5 Å². The van der Waals surface area contributed by atoms with Crippen LogP contribution in [-0.4, -0.2) is 50.5 Å². The van der Waals surface area contributed by atoms with Gasteiger partial charge in [-0.2, -0.15) is 0 Å². The van der Waals surface area contributed by atoms with Gasteiger partial charge in [0.25, 0.3) is 0 Å². The van der Waals surface area contributed by atoms with Crippen LogP contribution in [0.5, 0.6) is 0 Å². The molecule has 0 atom stereocenters. The number of aromatic nitrogens is 4. The van der Waals surface area contributed by atoms with Gasteiger partial charge >= 0.3 is 6.03 Å². The Bertz CT molecular complexity index is 1400. The van der Waals surface area contributed by atoms with Gasteiger partial charge in [-0.05, 0) is 75.2 Å². The molecule has 0 aliphatic heterocycles. The lowest BCUT2D eigenvalue weighted by atomic mass is 9.97. The highest BCUT2D eigenvalue weighted by Crippen LogP contribution is 2.35. The van der Waals surface area contributed by atoms with Crippen LogP contribution in [0, 0.1) is 12.7 Å². The van der Waals surface area contributed by atoms with Crippen molar-refractivity contribution in [1.29, 1.82) is 0 Å². The first-order valence-corrected chi connectivity index (χ1v) is 11.8. The molecule has 5 rings (SSSR count). The molecule has 1 fully saturated rings. The quantitative estimate of drug-likeness (QED) is 0.356. The molecule has 3 aromatic heterocycles. The molecule has 0 spiro atoms. The van der Waals surface area contributed by atoms with Gasteiger partial charge in [0.15, 0.2) is 0 Å². The second-order valence-corrected chi connectivity index (χ2v) is 8.96. The molecule has 35 heavy (non-hydrogen) atoms. The number of aryl methyl sites for hydroxylation is 1. The zero-order valence-corrected chi connectivity index (χ0v) is 20.0. The van der Waals surface area contributed by atoms with Crippen LogP contribution in [0.2, 0.25) is 0 Å². The maximum atomic E-state index is 14.8. The first kappa shape index (κ1) is 22.9. The Balaban J connectivity index is 1.58. The number of urea groups is 1. The van der Waals surface area contributed by atoms with Crippen molar-refractivity contribution >= 4 is 23.0 Å². The third kappa shape index (κ3) is 4.85. The van der Waals surface area contributed by atoms with Gasteiger partial charge in [0, 0.05) is 42.7 Å². The number of H-pyrrole nitrogens is 1. The van der Waals surface area contributed by atoms with Crippen molar-refractivity contribution in [3.63, 3.8) is 0 Å². The zero-order valence-electron chi connectivity index (χ0n) is 20.0. The van der Waals surface area contributed by atoms with Gasteiger partial charge in [0.1, 0.15) is 17.0 Å². The Morgan fingerprint density at radius 1 is 1.23 bits per heavy atom. The van der Waals surface area contributed by atoms with Crippen LogP contribution in [0.1, 0.15) is 31.0 Å². The van der Waals surface area contributed by atoms with E-state index in [1.165, 1.54) is 18.9 Å². The van der Waals surface area contributed by atoms with E-state index in [1.54, 1.807) is 12.3 Å². The van der Waals surface area contributed by atoms with Crippen LogP contribution in [0.15, 0.2) is 42.7 Å². The molecule has 4 aromatic rings. The van der Waals surface area contributed by atoms with Gasteiger partial charge in [0.05, 0.1) is 11.2 Å². The second-order valence-electron chi connectivity index (χ2n) is 8.96. The van der Waals surface area contributed by atoms with Gasteiger partial charge in [-0.1, -0.05) is 0 Å². The van der Waals surface area contributed by atoms with E-state index in [-0.39, 0.29) is 17.7 Å². The molecule has 1 aromatic carbocycles. The second kappa shape index (κ2) is 9.42. The average Bonchev–Trinajstić information content (AvgIpc) is 3.60. The molecule has 9 heteroatoms. The molecule has 1 aliphatic rings. The Hall–Kier alpha value is -3.85. The van der Waals surface area contributed by atoms with E-state index >= 15 is 0 Å². The highest BCUT2D eigenvalue weighted by Gasteiger charge is 2.26. The molecule has 1 aliphatic carbocycles. The number of halogens is 1. The van der Waals surface area contributed by atoms with E-state index in [0.29, 0.717) is 29.2 Å². The minimum absolute atomic E-state index is 0.198. The number of anilines is 1. The van der Waals surface area contributed by atoms with Crippen LogP contribution in [0.3, 0.4) is 0 Å². The summed E-state index contributed by atoms with van der Waals surface area (Å²) >= 11 is 0. The standard InChI is InChI=1S/C26H28FN7O/c1-4-28-26(35)33-25-31-22-12-16(11-19(24(22)32-25)23-21(27)6-5-9-29-23)20-13-30-17(10-15(20)2)14-34(3)18-7-8-18/h5-6,9-13,18H,4,7-8,14H2,1-3H3,(H3,28,31,32,33,35). The Morgan fingerprint density at radius 3 is 2.77 bits per heavy atom. The van der Waals surface area contributed by atoms with Crippen molar-refractivity contribution in [3.8, 4) is 22.4 Å². The molecular formula is C26H28FN7O. The molecular weight excluding hydrogens is 445 g/mol. The van der Waals surface area contributed by atoms with Crippen LogP contribution in [0.4, 0.5) is 15.1 Å². The molecule has 1 saturated carbocycles. The van der Waals surface area contributed by atoms with Crippen molar-refractivity contribution < 1.29 is 9.18 Å². The molecule has 180 valence electrons. The highest BCUT2D eigenvalue weighted by atomic mass is 19.1. The topological polar surface area (TPSA) is 98.8 Å². The third-order valence-corrected chi connectivity index (χ3v) is 6.23. The number of rotatable bonds is 7. The van der Waals surface area contributed by atoms with Crippen LogP contribution in [0.25, 0.3) is 33.4 Å². The van der Waals surface area contributed by atoms with E-state index in [0.717, 1.165) is 28.9 Å². The molecule has 3 N–H and O–H groups in total. The summed E-state index contributed by atoms with van der Waals surface area (Å²) in [5, 5.41) is 5.36. The monoisotopic (exact) mass is 473 g/mol. The smallest absolute Gasteiger partial charge is 0.321 e. The number of nitrogens with one attached hydrogen (secondary N) is 3. The van der Waals surface area contributed by atoms with Gasteiger partial charge in [-0.15, -0.1) is 0 Å². The fourth-order valence-corrected chi connectivity index (χ4v) is 4.31.